The van der Waals surface area contributed by atoms with Gasteiger partial charge in [0, 0.05) is 20.2 Å². The standard InChI is InChI=1S/C11H15FN2O/c1-15-9-4-5-14(7-9)11-6-8(12)2-3-10(11)13/h2-3,6,9H,4-5,7,13H2,1H3. The summed E-state index contributed by atoms with van der Waals surface area (Å²) < 4.78 is 18.3. The molecule has 0 bridgehead atoms. The van der Waals surface area contributed by atoms with E-state index < -0.39 is 0 Å². The van der Waals surface area contributed by atoms with Crippen LogP contribution in [0.25, 0.3) is 0 Å². The van der Waals surface area contributed by atoms with E-state index in [9.17, 15) is 4.39 Å². The fourth-order valence-corrected chi connectivity index (χ4v) is 1.93. The first-order valence-electron chi connectivity index (χ1n) is 5.03. The van der Waals surface area contributed by atoms with E-state index >= 15 is 0 Å². The Labute approximate surface area is 88.6 Å². The highest BCUT2D eigenvalue weighted by Gasteiger charge is 2.23. The largest absolute Gasteiger partial charge is 0.397 e. The minimum absolute atomic E-state index is 0.229. The lowest BCUT2D eigenvalue weighted by molar-refractivity contribution is 0.121. The Hall–Kier alpha value is -1.29. The van der Waals surface area contributed by atoms with Crippen LogP contribution >= 0.6 is 0 Å². The lowest BCUT2D eigenvalue weighted by Gasteiger charge is -2.20. The van der Waals surface area contributed by atoms with E-state index in [1.54, 1.807) is 13.2 Å². The zero-order chi connectivity index (χ0) is 10.8. The lowest BCUT2D eigenvalue weighted by atomic mass is 10.2. The number of rotatable bonds is 2. The molecule has 1 saturated heterocycles. The SMILES string of the molecule is COC1CCN(c2cc(F)ccc2N)C1. The van der Waals surface area contributed by atoms with Crippen molar-refractivity contribution in [1.29, 1.82) is 0 Å². The van der Waals surface area contributed by atoms with Gasteiger partial charge in [0.25, 0.3) is 0 Å². The first-order valence-corrected chi connectivity index (χ1v) is 5.03. The third kappa shape index (κ3) is 2.04. The van der Waals surface area contributed by atoms with E-state index in [1.807, 2.05) is 0 Å². The molecule has 1 fully saturated rings. The third-order valence-electron chi connectivity index (χ3n) is 2.81. The molecule has 2 rings (SSSR count). The Bertz CT molecular complexity index is 356. The van der Waals surface area contributed by atoms with E-state index in [1.165, 1.54) is 12.1 Å². The summed E-state index contributed by atoms with van der Waals surface area (Å²) >= 11 is 0. The molecule has 0 aliphatic carbocycles. The molecule has 82 valence electrons. The smallest absolute Gasteiger partial charge is 0.125 e. The highest BCUT2D eigenvalue weighted by Crippen LogP contribution is 2.27. The molecule has 1 aromatic rings. The van der Waals surface area contributed by atoms with Crippen LogP contribution in [-0.2, 0) is 4.74 Å². The summed E-state index contributed by atoms with van der Waals surface area (Å²) in [5.41, 5.74) is 7.20. The summed E-state index contributed by atoms with van der Waals surface area (Å²) in [5, 5.41) is 0. The van der Waals surface area contributed by atoms with Gasteiger partial charge in [0.1, 0.15) is 5.82 Å². The van der Waals surface area contributed by atoms with Gasteiger partial charge in [-0.1, -0.05) is 0 Å². The summed E-state index contributed by atoms with van der Waals surface area (Å²) in [4.78, 5) is 2.06. The molecule has 1 aromatic carbocycles. The van der Waals surface area contributed by atoms with Crippen molar-refractivity contribution in [3.05, 3.63) is 24.0 Å². The van der Waals surface area contributed by atoms with Crippen LogP contribution < -0.4 is 10.6 Å². The average Bonchev–Trinajstić information content (AvgIpc) is 2.70. The number of halogens is 1. The van der Waals surface area contributed by atoms with Crippen molar-refractivity contribution in [2.24, 2.45) is 0 Å². The van der Waals surface area contributed by atoms with Gasteiger partial charge in [-0.3, -0.25) is 0 Å². The summed E-state index contributed by atoms with van der Waals surface area (Å²) in [5.74, 6) is -0.250. The fourth-order valence-electron chi connectivity index (χ4n) is 1.93. The van der Waals surface area contributed by atoms with Gasteiger partial charge in [0.15, 0.2) is 0 Å². The normalized spacial score (nSPS) is 20.9. The minimum Gasteiger partial charge on any atom is -0.397 e. The second-order valence-corrected chi connectivity index (χ2v) is 3.80. The van der Waals surface area contributed by atoms with Crippen LogP contribution in [0, 0.1) is 5.82 Å². The maximum atomic E-state index is 13.1. The predicted octanol–water partition coefficient (Wildman–Crippen LogP) is 1.63. The van der Waals surface area contributed by atoms with E-state index in [0.717, 1.165) is 25.2 Å². The number of nitrogen functional groups attached to an aromatic ring is 1. The summed E-state index contributed by atoms with van der Waals surface area (Å²) in [7, 11) is 1.70. The van der Waals surface area contributed by atoms with Crippen molar-refractivity contribution >= 4 is 11.4 Å². The fraction of sp³-hybridized carbons (Fsp3) is 0.455. The molecule has 0 aromatic heterocycles. The van der Waals surface area contributed by atoms with Crippen molar-refractivity contribution < 1.29 is 9.13 Å². The Morgan fingerprint density at radius 3 is 3.00 bits per heavy atom. The van der Waals surface area contributed by atoms with E-state index in [4.69, 9.17) is 10.5 Å². The zero-order valence-corrected chi connectivity index (χ0v) is 8.74. The van der Waals surface area contributed by atoms with Gasteiger partial charge in [-0.25, -0.2) is 4.39 Å². The van der Waals surface area contributed by atoms with Crippen LogP contribution in [0.4, 0.5) is 15.8 Å². The molecule has 1 aliphatic heterocycles. The Morgan fingerprint density at radius 2 is 2.33 bits per heavy atom. The maximum Gasteiger partial charge on any atom is 0.125 e. The molecule has 1 unspecified atom stereocenters. The molecular weight excluding hydrogens is 195 g/mol. The van der Waals surface area contributed by atoms with Crippen LogP contribution in [0.5, 0.6) is 0 Å². The monoisotopic (exact) mass is 210 g/mol. The molecule has 0 spiro atoms. The summed E-state index contributed by atoms with van der Waals surface area (Å²) in [6.45, 7) is 1.65. The van der Waals surface area contributed by atoms with Crippen molar-refractivity contribution in [2.75, 3.05) is 30.8 Å². The molecule has 1 aliphatic rings. The summed E-state index contributed by atoms with van der Waals surface area (Å²) in [6, 6.07) is 4.46. The number of anilines is 2. The second-order valence-electron chi connectivity index (χ2n) is 3.80. The zero-order valence-electron chi connectivity index (χ0n) is 8.74. The van der Waals surface area contributed by atoms with Gasteiger partial charge < -0.3 is 15.4 Å². The molecule has 1 heterocycles. The first-order chi connectivity index (χ1) is 7.20. The van der Waals surface area contributed by atoms with Crippen molar-refractivity contribution in [1.82, 2.24) is 0 Å². The molecular formula is C11H15FN2O. The van der Waals surface area contributed by atoms with Gasteiger partial charge in [-0.15, -0.1) is 0 Å². The average molecular weight is 210 g/mol. The highest BCUT2D eigenvalue weighted by atomic mass is 19.1. The first kappa shape index (κ1) is 10.2. The van der Waals surface area contributed by atoms with Crippen LogP contribution in [0.15, 0.2) is 18.2 Å². The topological polar surface area (TPSA) is 38.5 Å². The maximum absolute atomic E-state index is 13.1. The predicted molar refractivity (Wildman–Crippen MR) is 58.4 cm³/mol. The van der Waals surface area contributed by atoms with Crippen LogP contribution in [0.2, 0.25) is 0 Å². The number of hydrogen-bond donors (Lipinski definition) is 1. The molecule has 0 saturated carbocycles. The van der Waals surface area contributed by atoms with E-state index in [0.29, 0.717) is 5.69 Å². The number of nitrogens with zero attached hydrogens (tertiary/aromatic N) is 1. The van der Waals surface area contributed by atoms with Gasteiger partial charge >= 0.3 is 0 Å². The highest BCUT2D eigenvalue weighted by molar-refractivity contribution is 5.67. The van der Waals surface area contributed by atoms with E-state index in [2.05, 4.69) is 4.90 Å². The Balaban J connectivity index is 2.19. The quantitative estimate of drug-likeness (QED) is 0.754. The van der Waals surface area contributed by atoms with Crippen molar-refractivity contribution in [2.45, 2.75) is 12.5 Å². The molecule has 4 heteroatoms. The lowest BCUT2D eigenvalue weighted by Crippen LogP contribution is -2.23. The van der Waals surface area contributed by atoms with E-state index in [-0.39, 0.29) is 11.9 Å². The van der Waals surface area contributed by atoms with Gasteiger partial charge in [0.05, 0.1) is 17.5 Å². The van der Waals surface area contributed by atoms with Crippen LogP contribution in [0.3, 0.4) is 0 Å². The Morgan fingerprint density at radius 1 is 1.53 bits per heavy atom. The molecule has 2 N–H and O–H groups in total. The number of hydrogen-bond acceptors (Lipinski definition) is 3. The van der Waals surface area contributed by atoms with Crippen LogP contribution in [-0.4, -0.2) is 26.3 Å². The van der Waals surface area contributed by atoms with Crippen molar-refractivity contribution in [3.63, 3.8) is 0 Å². The number of methoxy groups -OCH3 is 1. The van der Waals surface area contributed by atoms with Gasteiger partial charge in [-0.2, -0.15) is 0 Å². The van der Waals surface area contributed by atoms with Gasteiger partial charge in [-0.05, 0) is 24.6 Å². The number of benzene rings is 1. The molecule has 0 amide bonds. The number of ether oxygens (including phenoxy) is 1. The summed E-state index contributed by atoms with van der Waals surface area (Å²) in [6.07, 6.45) is 1.19. The second kappa shape index (κ2) is 4.06. The Kier molecular flexibility index (Phi) is 2.77. The number of nitrogens with two attached hydrogens (primary N) is 1. The molecule has 3 nitrogen and oxygen atoms in total. The van der Waals surface area contributed by atoms with Gasteiger partial charge in [0.2, 0.25) is 0 Å². The third-order valence-corrected chi connectivity index (χ3v) is 2.81. The molecule has 1 atom stereocenters. The molecule has 0 radical (unpaired) electrons. The molecule has 15 heavy (non-hydrogen) atoms. The van der Waals surface area contributed by atoms with Crippen molar-refractivity contribution in [3.8, 4) is 0 Å². The van der Waals surface area contributed by atoms with Crippen LogP contribution in [0.1, 0.15) is 6.42 Å². The minimum atomic E-state index is -0.250.